The first-order valence-electron chi connectivity index (χ1n) is 12.8. The topological polar surface area (TPSA) is 126 Å². The molecule has 10 nitrogen and oxygen atoms in total. The van der Waals surface area contributed by atoms with Crippen LogP contribution in [0, 0.1) is 13.8 Å². The molecule has 0 bridgehead atoms. The average Bonchev–Trinajstić information content (AvgIpc) is 3.42. The van der Waals surface area contributed by atoms with Crippen LogP contribution in [0.3, 0.4) is 0 Å². The largest absolute Gasteiger partial charge is 0.352 e. The summed E-state index contributed by atoms with van der Waals surface area (Å²) in [6, 6.07) is 5.94. The van der Waals surface area contributed by atoms with E-state index in [-0.39, 0.29) is 12.6 Å². The van der Waals surface area contributed by atoms with E-state index in [2.05, 4.69) is 9.62 Å². The third kappa shape index (κ3) is 5.25. The Morgan fingerprint density at radius 2 is 2.00 bits per heavy atom. The second-order valence-electron chi connectivity index (χ2n) is 10.5. The number of hydrogen-bond acceptors (Lipinski definition) is 8. The van der Waals surface area contributed by atoms with Crippen molar-refractivity contribution in [2.24, 2.45) is 5.73 Å². The number of benzene rings is 1. The van der Waals surface area contributed by atoms with Crippen molar-refractivity contribution in [2.45, 2.75) is 57.4 Å². The van der Waals surface area contributed by atoms with Gasteiger partial charge in [0.25, 0.3) is 0 Å². The van der Waals surface area contributed by atoms with Crippen LogP contribution in [0.2, 0.25) is 0 Å². The highest BCUT2D eigenvalue weighted by Gasteiger charge is 2.35. The van der Waals surface area contributed by atoms with E-state index in [1.54, 1.807) is 10.6 Å². The second kappa shape index (κ2) is 10.2. The summed E-state index contributed by atoms with van der Waals surface area (Å²) >= 11 is 0. The Balaban J connectivity index is 1.51. The van der Waals surface area contributed by atoms with Gasteiger partial charge in [-0.1, -0.05) is 24.1 Å². The zero-order valence-corrected chi connectivity index (χ0v) is 22.7. The summed E-state index contributed by atoms with van der Waals surface area (Å²) in [5, 5.41) is 4.82. The van der Waals surface area contributed by atoms with Gasteiger partial charge in [-0.25, -0.2) is 22.3 Å². The molecule has 5 rings (SSSR count). The summed E-state index contributed by atoms with van der Waals surface area (Å²) in [5.41, 5.74) is 10.1. The minimum absolute atomic E-state index is 0.161. The highest BCUT2D eigenvalue weighted by Crippen LogP contribution is 2.39. The van der Waals surface area contributed by atoms with Crippen molar-refractivity contribution in [3.05, 3.63) is 52.8 Å². The fourth-order valence-electron chi connectivity index (χ4n) is 5.62. The zero-order chi connectivity index (χ0) is 27.2. The fourth-order valence-corrected chi connectivity index (χ4v) is 6.20. The van der Waals surface area contributed by atoms with Gasteiger partial charge in [-0.2, -0.15) is 5.10 Å². The highest BCUT2D eigenvalue weighted by molar-refractivity contribution is 7.92. The molecule has 0 saturated carbocycles. The molecule has 2 aliphatic heterocycles. The molecule has 38 heavy (non-hydrogen) atoms. The van der Waals surface area contributed by atoms with Crippen LogP contribution < -0.4 is 15.4 Å². The summed E-state index contributed by atoms with van der Waals surface area (Å²) < 4.78 is 42.5. The van der Waals surface area contributed by atoms with E-state index < -0.39 is 28.3 Å². The van der Waals surface area contributed by atoms with Crippen LogP contribution in [-0.4, -0.2) is 72.3 Å². The number of hydrogen-bond donors (Lipinski definition) is 2. The molecule has 3 aromatic rings. The van der Waals surface area contributed by atoms with Crippen molar-refractivity contribution in [1.82, 2.24) is 19.5 Å². The molecule has 12 heteroatoms. The van der Waals surface area contributed by atoms with Crippen molar-refractivity contribution < 1.29 is 17.6 Å². The third-order valence-electron chi connectivity index (χ3n) is 7.41. The SMILES string of the molecule is Cc1ccc(NS(C)(=O)=O)c(C(C=O)N2CCCC[C@H]2c2cc3nc(N4CC(N)C(F)C4)c(C)cn3n2)c1. The molecular formula is C26H34FN7O3S. The first kappa shape index (κ1) is 26.5. The molecule has 3 N–H and O–H groups in total. The summed E-state index contributed by atoms with van der Waals surface area (Å²) in [6.07, 6.45) is 5.45. The Kier molecular flexibility index (Phi) is 7.14. The Labute approximate surface area is 222 Å². The number of sulfonamides is 1. The molecule has 0 aliphatic carbocycles. The molecule has 1 aromatic carbocycles. The van der Waals surface area contributed by atoms with Gasteiger partial charge in [0.2, 0.25) is 10.0 Å². The van der Waals surface area contributed by atoms with Crippen molar-refractivity contribution in [3.8, 4) is 0 Å². The number of fused-ring (bicyclic) bond motifs is 1. The number of anilines is 2. The number of nitrogens with zero attached hydrogens (tertiary/aromatic N) is 5. The fraction of sp³-hybridized carbons (Fsp3) is 0.500. The Morgan fingerprint density at radius 3 is 2.68 bits per heavy atom. The van der Waals surface area contributed by atoms with E-state index in [0.717, 1.165) is 48.6 Å². The highest BCUT2D eigenvalue weighted by atomic mass is 32.2. The van der Waals surface area contributed by atoms with Gasteiger partial charge in [0.05, 0.1) is 42.3 Å². The number of likely N-dealkylation sites (tertiary alicyclic amines) is 1. The number of carbonyl (C=O) groups excluding carboxylic acids is 1. The van der Waals surface area contributed by atoms with Crippen LogP contribution >= 0.6 is 0 Å². The van der Waals surface area contributed by atoms with Crippen LogP contribution in [0.5, 0.6) is 0 Å². The number of nitrogens with two attached hydrogens (primary N) is 1. The third-order valence-corrected chi connectivity index (χ3v) is 8.00. The maximum atomic E-state index is 14.1. The molecule has 4 atom stereocenters. The van der Waals surface area contributed by atoms with Crippen molar-refractivity contribution >= 4 is 33.5 Å². The van der Waals surface area contributed by atoms with Crippen LogP contribution in [0.25, 0.3) is 5.65 Å². The lowest BCUT2D eigenvalue weighted by atomic mass is 9.93. The van der Waals surface area contributed by atoms with Gasteiger partial charge >= 0.3 is 0 Å². The molecule has 4 heterocycles. The van der Waals surface area contributed by atoms with Crippen LogP contribution in [-0.2, 0) is 14.8 Å². The number of aromatic nitrogens is 3. The molecular weight excluding hydrogens is 509 g/mol. The standard InChI is InChI=1S/C26H34FN7O3S/c1-16-7-8-21(31-38(3,36)37)18(10-16)24(15-35)33-9-5-4-6-23(33)22-11-25-29-26(17(2)12-34(25)30-22)32-13-19(27)20(28)14-32/h7-8,10-12,15,19-20,23-24,31H,4-6,9,13-14,28H2,1-3H3/t19?,20?,23-,24?/m0/s1. The molecule has 2 saturated heterocycles. The Morgan fingerprint density at radius 1 is 1.21 bits per heavy atom. The van der Waals surface area contributed by atoms with Crippen molar-refractivity contribution in [2.75, 3.05) is 35.5 Å². The maximum absolute atomic E-state index is 14.1. The van der Waals surface area contributed by atoms with Crippen molar-refractivity contribution in [3.63, 3.8) is 0 Å². The summed E-state index contributed by atoms with van der Waals surface area (Å²) in [6.45, 7) is 5.11. The van der Waals surface area contributed by atoms with E-state index in [1.807, 2.05) is 43.1 Å². The average molecular weight is 544 g/mol. The molecule has 2 aliphatic rings. The number of piperidine rings is 1. The lowest BCUT2D eigenvalue weighted by Gasteiger charge is -2.39. The van der Waals surface area contributed by atoms with Gasteiger partial charge in [0.15, 0.2) is 5.65 Å². The van der Waals surface area contributed by atoms with Gasteiger partial charge in [-0.15, -0.1) is 0 Å². The molecule has 0 amide bonds. The summed E-state index contributed by atoms with van der Waals surface area (Å²) in [5.74, 6) is 0.696. The van der Waals surface area contributed by atoms with E-state index in [9.17, 15) is 17.6 Å². The number of carbonyl (C=O) groups is 1. The van der Waals surface area contributed by atoms with Crippen LogP contribution in [0.1, 0.15) is 53.7 Å². The Hall–Kier alpha value is -3.09. The molecule has 0 radical (unpaired) electrons. The molecule has 2 fully saturated rings. The monoisotopic (exact) mass is 543 g/mol. The van der Waals surface area contributed by atoms with E-state index in [1.165, 1.54) is 0 Å². The quantitative estimate of drug-likeness (QED) is 0.436. The number of halogens is 1. The van der Waals surface area contributed by atoms with Gasteiger partial charge < -0.3 is 15.4 Å². The summed E-state index contributed by atoms with van der Waals surface area (Å²) in [7, 11) is -3.53. The van der Waals surface area contributed by atoms with Gasteiger partial charge in [-0.3, -0.25) is 9.62 Å². The molecule has 3 unspecified atom stereocenters. The number of aldehydes is 1. The van der Waals surface area contributed by atoms with Crippen molar-refractivity contribution in [1.29, 1.82) is 0 Å². The second-order valence-corrected chi connectivity index (χ2v) is 12.2. The van der Waals surface area contributed by atoms with Gasteiger partial charge in [-0.05, 0) is 39.3 Å². The number of rotatable bonds is 7. The van der Waals surface area contributed by atoms with E-state index >= 15 is 0 Å². The molecule has 0 spiro atoms. The minimum Gasteiger partial charge on any atom is -0.352 e. The predicted octanol–water partition coefficient (Wildman–Crippen LogP) is 2.67. The van der Waals surface area contributed by atoms with Crippen LogP contribution in [0.15, 0.2) is 30.5 Å². The first-order chi connectivity index (χ1) is 18.0. The predicted molar refractivity (Wildman–Crippen MR) is 145 cm³/mol. The lowest BCUT2D eigenvalue weighted by Crippen LogP contribution is -2.38. The van der Waals surface area contributed by atoms with Crippen LogP contribution in [0.4, 0.5) is 15.9 Å². The number of nitrogens with one attached hydrogen (secondary N) is 1. The normalized spacial score (nSPS) is 23.6. The number of alkyl halides is 1. The minimum atomic E-state index is -3.53. The lowest BCUT2D eigenvalue weighted by molar-refractivity contribution is -0.114. The Bertz CT molecular complexity index is 1450. The summed E-state index contributed by atoms with van der Waals surface area (Å²) in [4.78, 5) is 21.3. The number of aryl methyl sites for hydroxylation is 2. The zero-order valence-electron chi connectivity index (χ0n) is 21.8. The van der Waals surface area contributed by atoms with E-state index in [4.69, 9.17) is 15.8 Å². The molecule has 2 aromatic heterocycles. The van der Waals surface area contributed by atoms with Gasteiger partial charge in [0, 0.05) is 29.9 Å². The molecule has 204 valence electrons. The smallest absolute Gasteiger partial charge is 0.229 e. The maximum Gasteiger partial charge on any atom is 0.229 e. The van der Waals surface area contributed by atoms with Gasteiger partial charge in [0.1, 0.15) is 18.3 Å². The van der Waals surface area contributed by atoms with E-state index in [0.29, 0.717) is 35.8 Å². The first-order valence-corrected chi connectivity index (χ1v) is 14.7.